The molecular formula is C11H13NO2S. The van der Waals surface area contributed by atoms with Crippen molar-refractivity contribution in [2.45, 2.75) is 11.3 Å². The van der Waals surface area contributed by atoms with Crippen LogP contribution in [0.15, 0.2) is 29.2 Å². The van der Waals surface area contributed by atoms with Crippen molar-refractivity contribution in [3.8, 4) is 5.75 Å². The lowest BCUT2D eigenvalue weighted by Gasteiger charge is -2.30. The average Bonchev–Trinajstić information content (AvgIpc) is 2.12. The highest BCUT2D eigenvalue weighted by Gasteiger charge is 2.19. The van der Waals surface area contributed by atoms with Crippen LogP contribution in [0.5, 0.6) is 5.75 Å². The van der Waals surface area contributed by atoms with E-state index in [2.05, 4.69) is 0 Å². The number of benzene rings is 1. The highest BCUT2D eigenvalue weighted by atomic mass is 32.2. The molecule has 1 aromatic carbocycles. The van der Waals surface area contributed by atoms with Crippen molar-refractivity contribution < 1.29 is 9.90 Å². The lowest BCUT2D eigenvalue weighted by atomic mass is 10.2. The second kappa shape index (κ2) is 4.57. The van der Waals surface area contributed by atoms with E-state index in [1.165, 1.54) is 11.8 Å². The van der Waals surface area contributed by atoms with E-state index >= 15 is 0 Å². The summed E-state index contributed by atoms with van der Waals surface area (Å²) in [6.45, 7) is 1.80. The van der Waals surface area contributed by atoms with Gasteiger partial charge in [0.2, 0.25) is 5.91 Å². The first-order valence-electron chi connectivity index (χ1n) is 4.95. The standard InChI is InChI=1S/C11H13NO2S/c13-9-3-1-4-10(7-9)15-8-11(14)12-5-2-6-12/h1,3-4,7,13H,2,5-6,8H2. The summed E-state index contributed by atoms with van der Waals surface area (Å²) in [5.41, 5.74) is 0. The molecule has 0 unspecified atom stereocenters. The van der Waals surface area contributed by atoms with Gasteiger partial charge in [0.1, 0.15) is 5.75 Å². The number of amides is 1. The largest absolute Gasteiger partial charge is 0.508 e. The summed E-state index contributed by atoms with van der Waals surface area (Å²) in [6, 6.07) is 6.98. The van der Waals surface area contributed by atoms with Gasteiger partial charge in [-0.05, 0) is 24.6 Å². The molecule has 1 aliphatic rings. The van der Waals surface area contributed by atoms with Crippen molar-refractivity contribution in [1.29, 1.82) is 0 Å². The Morgan fingerprint density at radius 1 is 1.47 bits per heavy atom. The maximum atomic E-state index is 11.5. The molecule has 1 saturated heterocycles. The molecule has 0 saturated carbocycles. The topological polar surface area (TPSA) is 40.5 Å². The maximum Gasteiger partial charge on any atom is 0.232 e. The number of thioether (sulfide) groups is 1. The van der Waals surface area contributed by atoms with Gasteiger partial charge >= 0.3 is 0 Å². The molecule has 0 spiro atoms. The fourth-order valence-electron chi connectivity index (χ4n) is 1.38. The Morgan fingerprint density at radius 2 is 2.27 bits per heavy atom. The van der Waals surface area contributed by atoms with Gasteiger partial charge in [-0.1, -0.05) is 6.07 Å². The van der Waals surface area contributed by atoms with Gasteiger partial charge in [-0.3, -0.25) is 4.79 Å². The maximum absolute atomic E-state index is 11.5. The Labute approximate surface area is 93.1 Å². The Morgan fingerprint density at radius 3 is 2.87 bits per heavy atom. The number of phenolic OH excluding ortho intramolecular Hbond substituents is 1. The third-order valence-electron chi connectivity index (χ3n) is 2.39. The van der Waals surface area contributed by atoms with E-state index in [9.17, 15) is 9.90 Å². The van der Waals surface area contributed by atoms with Gasteiger partial charge in [0.05, 0.1) is 5.75 Å². The third-order valence-corrected chi connectivity index (χ3v) is 3.37. The zero-order chi connectivity index (χ0) is 10.7. The highest BCUT2D eigenvalue weighted by molar-refractivity contribution is 8.00. The van der Waals surface area contributed by atoms with Crippen LogP contribution in [0.25, 0.3) is 0 Å². The molecule has 1 heterocycles. The van der Waals surface area contributed by atoms with Crippen LogP contribution in [-0.2, 0) is 4.79 Å². The van der Waals surface area contributed by atoms with E-state index in [-0.39, 0.29) is 11.7 Å². The Bertz CT molecular complexity index is 363. The van der Waals surface area contributed by atoms with Crippen LogP contribution in [0.4, 0.5) is 0 Å². The summed E-state index contributed by atoms with van der Waals surface area (Å²) in [5, 5.41) is 9.24. The number of hydrogen-bond acceptors (Lipinski definition) is 3. The van der Waals surface area contributed by atoms with E-state index in [4.69, 9.17) is 0 Å². The lowest BCUT2D eigenvalue weighted by Crippen LogP contribution is -2.42. The summed E-state index contributed by atoms with van der Waals surface area (Å²) in [4.78, 5) is 14.3. The van der Waals surface area contributed by atoms with Crippen LogP contribution in [0.3, 0.4) is 0 Å². The van der Waals surface area contributed by atoms with Gasteiger partial charge in [0.25, 0.3) is 0 Å². The van der Waals surface area contributed by atoms with Gasteiger partial charge in [0, 0.05) is 18.0 Å². The predicted octanol–water partition coefficient (Wildman–Crippen LogP) is 1.72. The molecule has 1 aromatic rings. The number of likely N-dealkylation sites (tertiary alicyclic amines) is 1. The molecule has 0 atom stereocenters. The number of aromatic hydroxyl groups is 1. The summed E-state index contributed by atoms with van der Waals surface area (Å²) >= 11 is 1.47. The normalized spacial score (nSPS) is 14.8. The van der Waals surface area contributed by atoms with Crippen LogP contribution >= 0.6 is 11.8 Å². The zero-order valence-corrected chi connectivity index (χ0v) is 9.17. The molecule has 0 bridgehead atoms. The molecule has 1 N–H and O–H groups in total. The first kappa shape index (κ1) is 10.4. The van der Waals surface area contributed by atoms with Crippen LogP contribution in [0.1, 0.15) is 6.42 Å². The molecule has 2 rings (SSSR count). The van der Waals surface area contributed by atoms with Crippen molar-refractivity contribution in [1.82, 2.24) is 4.90 Å². The van der Waals surface area contributed by atoms with E-state index in [0.717, 1.165) is 24.4 Å². The van der Waals surface area contributed by atoms with Crippen LogP contribution in [0.2, 0.25) is 0 Å². The third kappa shape index (κ3) is 2.65. The van der Waals surface area contributed by atoms with E-state index in [1.807, 2.05) is 11.0 Å². The van der Waals surface area contributed by atoms with E-state index < -0.39 is 0 Å². The molecule has 0 aromatic heterocycles. The van der Waals surface area contributed by atoms with Crippen molar-refractivity contribution in [2.24, 2.45) is 0 Å². The molecule has 4 heteroatoms. The minimum Gasteiger partial charge on any atom is -0.508 e. The molecule has 1 amide bonds. The SMILES string of the molecule is O=C(CSc1cccc(O)c1)N1CCC1. The lowest BCUT2D eigenvalue weighted by molar-refractivity contribution is -0.131. The van der Waals surface area contributed by atoms with E-state index in [1.54, 1.807) is 18.2 Å². The monoisotopic (exact) mass is 223 g/mol. The molecule has 1 fully saturated rings. The number of rotatable bonds is 3. The number of nitrogens with zero attached hydrogens (tertiary/aromatic N) is 1. The summed E-state index contributed by atoms with van der Waals surface area (Å²) in [6.07, 6.45) is 1.13. The number of carbonyl (C=O) groups excluding carboxylic acids is 1. The second-order valence-electron chi connectivity index (χ2n) is 3.52. The molecule has 0 radical (unpaired) electrons. The molecule has 3 nitrogen and oxygen atoms in total. The van der Waals surface area contributed by atoms with Crippen LogP contribution < -0.4 is 0 Å². The molecule has 0 aliphatic carbocycles. The summed E-state index contributed by atoms with van der Waals surface area (Å²) < 4.78 is 0. The highest BCUT2D eigenvalue weighted by Crippen LogP contribution is 2.22. The molecular weight excluding hydrogens is 210 g/mol. The van der Waals surface area contributed by atoms with Gasteiger partial charge in [-0.15, -0.1) is 11.8 Å². The molecule has 80 valence electrons. The van der Waals surface area contributed by atoms with Gasteiger partial charge in [-0.25, -0.2) is 0 Å². The van der Waals surface area contributed by atoms with E-state index in [0.29, 0.717) is 5.75 Å². The first-order chi connectivity index (χ1) is 7.25. The van der Waals surface area contributed by atoms with Crippen molar-refractivity contribution >= 4 is 17.7 Å². The van der Waals surface area contributed by atoms with Crippen LogP contribution in [0, 0.1) is 0 Å². The second-order valence-corrected chi connectivity index (χ2v) is 4.57. The van der Waals surface area contributed by atoms with Crippen molar-refractivity contribution in [3.05, 3.63) is 24.3 Å². The van der Waals surface area contributed by atoms with Crippen molar-refractivity contribution in [2.75, 3.05) is 18.8 Å². The predicted molar refractivity (Wildman–Crippen MR) is 60.0 cm³/mol. The fraction of sp³-hybridized carbons (Fsp3) is 0.364. The zero-order valence-electron chi connectivity index (χ0n) is 8.35. The van der Waals surface area contributed by atoms with Crippen molar-refractivity contribution in [3.63, 3.8) is 0 Å². The average molecular weight is 223 g/mol. The minimum absolute atomic E-state index is 0.189. The number of phenols is 1. The van der Waals surface area contributed by atoms with Gasteiger partial charge in [-0.2, -0.15) is 0 Å². The molecule has 1 aliphatic heterocycles. The first-order valence-corrected chi connectivity index (χ1v) is 5.94. The Hall–Kier alpha value is -1.16. The quantitative estimate of drug-likeness (QED) is 0.793. The van der Waals surface area contributed by atoms with Crippen LogP contribution in [-0.4, -0.2) is 34.8 Å². The molecule has 15 heavy (non-hydrogen) atoms. The number of carbonyl (C=O) groups is 1. The summed E-state index contributed by atoms with van der Waals surface area (Å²) in [5.74, 6) is 0.898. The minimum atomic E-state index is 0.189. The van der Waals surface area contributed by atoms with Gasteiger partial charge < -0.3 is 10.0 Å². The number of hydrogen-bond donors (Lipinski definition) is 1. The van der Waals surface area contributed by atoms with Gasteiger partial charge in [0.15, 0.2) is 0 Å². The Kier molecular flexibility index (Phi) is 3.16. The smallest absolute Gasteiger partial charge is 0.232 e. The summed E-state index contributed by atoms with van der Waals surface area (Å²) in [7, 11) is 0. The fourth-order valence-corrected chi connectivity index (χ4v) is 2.23. The Balaban J connectivity index is 1.84.